The van der Waals surface area contributed by atoms with Gasteiger partial charge in [0.25, 0.3) is 0 Å². The summed E-state index contributed by atoms with van der Waals surface area (Å²) >= 11 is 3.67. The highest BCUT2D eigenvalue weighted by Crippen LogP contribution is 2.49. The number of nitrogens with zero attached hydrogens (tertiary/aromatic N) is 2. The summed E-state index contributed by atoms with van der Waals surface area (Å²) in [5.74, 6) is 0.542. The Morgan fingerprint density at radius 2 is 1.35 bits per heavy atom. The number of rotatable bonds is 3. The maximum absolute atomic E-state index is 5.63. The third kappa shape index (κ3) is 4.67. The van der Waals surface area contributed by atoms with E-state index in [9.17, 15) is 0 Å². The van der Waals surface area contributed by atoms with E-state index in [1.165, 1.54) is 63.6 Å². The average Bonchev–Trinajstić information content (AvgIpc) is 3.70. The molecule has 11 rings (SSSR count). The molecule has 0 radical (unpaired) electrons. The molecule has 51 heavy (non-hydrogen) atoms. The zero-order chi connectivity index (χ0) is 33.5. The van der Waals surface area contributed by atoms with Gasteiger partial charge in [0, 0.05) is 47.7 Å². The third-order valence-corrected chi connectivity index (χ3v) is 13.4. The van der Waals surface area contributed by atoms with E-state index in [-0.39, 0.29) is 5.92 Å². The molecule has 0 N–H and O–H groups in total. The largest absolute Gasteiger partial charge is 0.243 e. The second-order valence-corrected chi connectivity index (χ2v) is 16.0. The first-order valence-electron chi connectivity index (χ1n) is 17.8. The number of fused-ring (bicyclic) bond motifs is 10. The zero-order valence-corrected chi connectivity index (χ0v) is 29.5. The van der Waals surface area contributed by atoms with E-state index in [0.29, 0.717) is 5.92 Å². The Kier molecular flexibility index (Phi) is 6.65. The van der Waals surface area contributed by atoms with Crippen molar-refractivity contribution in [2.24, 2.45) is 0 Å². The molecule has 0 aliphatic heterocycles. The van der Waals surface area contributed by atoms with Gasteiger partial charge in [-0.1, -0.05) is 139 Å². The van der Waals surface area contributed by atoms with Crippen molar-refractivity contribution in [3.8, 4) is 22.4 Å². The Hall–Kier alpha value is -5.42. The quantitative estimate of drug-likeness (QED) is 0.185. The Bertz CT molecular complexity index is 2860. The molecule has 0 saturated carbocycles. The third-order valence-electron chi connectivity index (χ3n) is 11.2. The van der Waals surface area contributed by atoms with Crippen molar-refractivity contribution in [2.45, 2.75) is 31.1 Å². The fraction of sp³-hybridized carbons (Fsp3) is 0.106. The fourth-order valence-corrected chi connectivity index (χ4v) is 11.0. The van der Waals surface area contributed by atoms with Crippen LogP contribution in [0.15, 0.2) is 145 Å². The van der Waals surface area contributed by atoms with E-state index in [1.807, 2.05) is 11.3 Å². The summed E-state index contributed by atoms with van der Waals surface area (Å²) in [5, 5.41) is 3.83. The topological polar surface area (TPSA) is 25.8 Å². The first-order chi connectivity index (χ1) is 25.3. The Balaban J connectivity index is 1.09. The van der Waals surface area contributed by atoms with E-state index in [4.69, 9.17) is 9.97 Å². The number of hydrogen-bond acceptors (Lipinski definition) is 4. The fourth-order valence-electron chi connectivity index (χ4n) is 8.74. The average molecular weight is 689 g/mol. The molecule has 0 bridgehead atoms. The van der Waals surface area contributed by atoms with Crippen LogP contribution in [-0.2, 0) is 6.42 Å². The van der Waals surface area contributed by atoms with E-state index in [1.54, 1.807) is 16.9 Å². The van der Waals surface area contributed by atoms with Crippen LogP contribution in [0.4, 0.5) is 0 Å². The number of aromatic nitrogens is 2. The van der Waals surface area contributed by atoms with Crippen LogP contribution in [0.3, 0.4) is 0 Å². The van der Waals surface area contributed by atoms with E-state index in [2.05, 4.69) is 146 Å². The highest BCUT2D eigenvalue weighted by Gasteiger charge is 2.33. The Morgan fingerprint density at radius 3 is 2.27 bits per heavy atom. The van der Waals surface area contributed by atoms with Crippen LogP contribution in [-0.4, -0.2) is 9.97 Å². The molecule has 1 unspecified atom stereocenters. The van der Waals surface area contributed by atoms with Crippen molar-refractivity contribution in [1.29, 1.82) is 0 Å². The van der Waals surface area contributed by atoms with Crippen molar-refractivity contribution in [1.82, 2.24) is 9.97 Å². The van der Waals surface area contributed by atoms with Crippen molar-refractivity contribution < 1.29 is 0 Å². The molecule has 2 aliphatic rings. The van der Waals surface area contributed by atoms with Gasteiger partial charge in [-0.2, -0.15) is 0 Å². The Labute approximate surface area is 304 Å². The highest BCUT2D eigenvalue weighted by atomic mass is 32.1. The van der Waals surface area contributed by atoms with Crippen molar-refractivity contribution in [2.75, 3.05) is 0 Å². The van der Waals surface area contributed by atoms with Crippen LogP contribution in [0.2, 0.25) is 0 Å². The summed E-state index contributed by atoms with van der Waals surface area (Å²) in [7, 11) is 0. The molecule has 9 aromatic rings. The van der Waals surface area contributed by atoms with Gasteiger partial charge in [-0.3, -0.25) is 0 Å². The van der Waals surface area contributed by atoms with E-state index >= 15 is 0 Å². The molecule has 242 valence electrons. The number of benzene rings is 6. The van der Waals surface area contributed by atoms with Gasteiger partial charge in [0.2, 0.25) is 0 Å². The van der Waals surface area contributed by atoms with Gasteiger partial charge in [-0.15, -0.1) is 22.7 Å². The molecule has 2 nitrogen and oxygen atoms in total. The summed E-state index contributed by atoms with van der Waals surface area (Å²) in [6.07, 6.45) is 5.58. The summed E-state index contributed by atoms with van der Waals surface area (Å²) in [5.41, 5.74) is 14.0. The van der Waals surface area contributed by atoms with Gasteiger partial charge in [0.05, 0.1) is 11.4 Å². The maximum Gasteiger partial charge on any atom is 0.143 e. The molecule has 0 fully saturated rings. The van der Waals surface area contributed by atoms with Crippen LogP contribution in [0, 0.1) is 0 Å². The maximum atomic E-state index is 5.63. The smallest absolute Gasteiger partial charge is 0.143 e. The van der Waals surface area contributed by atoms with Gasteiger partial charge >= 0.3 is 0 Å². The van der Waals surface area contributed by atoms with Crippen molar-refractivity contribution >= 4 is 69.4 Å². The molecule has 3 aromatic heterocycles. The second kappa shape index (κ2) is 11.6. The lowest BCUT2D eigenvalue weighted by Gasteiger charge is -2.26. The minimum absolute atomic E-state index is 0.147. The van der Waals surface area contributed by atoms with Crippen LogP contribution < -0.4 is 0 Å². The van der Waals surface area contributed by atoms with Gasteiger partial charge in [0.15, 0.2) is 0 Å². The zero-order valence-electron chi connectivity index (χ0n) is 27.8. The molecular weight excluding hydrogens is 657 g/mol. The van der Waals surface area contributed by atoms with Crippen LogP contribution in [0.25, 0.3) is 69.1 Å². The van der Waals surface area contributed by atoms with Gasteiger partial charge in [-0.05, 0) is 64.8 Å². The lowest BCUT2D eigenvalue weighted by atomic mass is 9.78. The van der Waals surface area contributed by atoms with Gasteiger partial charge < -0.3 is 0 Å². The first kappa shape index (κ1) is 29.3. The van der Waals surface area contributed by atoms with Crippen LogP contribution in [0.1, 0.15) is 52.6 Å². The lowest BCUT2D eigenvalue weighted by molar-refractivity contribution is 0.691. The van der Waals surface area contributed by atoms with Crippen LogP contribution >= 0.6 is 22.7 Å². The molecule has 2 aliphatic carbocycles. The number of allylic oxidation sites excluding steroid dienone is 1. The first-order valence-corrected chi connectivity index (χ1v) is 19.5. The standard InChI is InChI=1S/C47H32N2S2/c1-2-11-28(12-3-1)43-44(37-23-21-31-25-29-13-4-5-14-30(29)26-40(31)35-16-7-6-15-34(35)37)49-47-45(48-43)39-24-22-32(27-42(39)51-47)33-18-10-19-38-36-17-8-9-20-41(36)50-46(33)38/h1-20,22,24-25,27,37,40H,21,23,26H2/t37-,40?/m1/s1. The monoisotopic (exact) mass is 688 g/mol. The number of hydrogen-bond donors (Lipinski definition) is 0. The molecule has 4 heteroatoms. The molecule has 3 heterocycles. The van der Waals surface area contributed by atoms with E-state index < -0.39 is 0 Å². The predicted molar refractivity (Wildman–Crippen MR) is 217 cm³/mol. The summed E-state index contributed by atoms with van der Waals surface area (Å²) in [4.78, 5) is 12.2. The molecular formula is C47H32N2S2. The van der Waals surface area contributed by atoms with Crippen molar-refractivity contribution in [3.63, 3.8) is 0 Å². The van der Waals surface area contributed by atoms with Crippen LogP contribution in [0.5, 0.6) is 0 Å². The molecule has 6 aromatic carbocycles. The Morgan fingerprint density at radius 1 is 0.569 bits per heavy atom. The van der Waals surface area contributed by atoms with Gasteiger partial charge in [-0.25, -0.2) is 9.97 Å². The summed E-state index contributed by atoms with van der Waals surface area (Å²) < 4.78 is 3.90. The number of thiophene rings is 2. The normalized spacial score (nSPS) is 16.9. The SMILES string of the molecule is C1=C2CC[C@@H](c3nc4sc5cc(-c6cccc7c6sc6ccccc67)ccc5c4nc3-c3ccccc3)c3ccccc3C2Cc2ccccc21. The van der Waals surface area contributed by atoms with E-state index in [0.717, 1.165) is 46.6 Å². The highest BCUT2D eigenvalue weighted by molar-refractivity contribution is 7.26. The summed E-state index contributed by atoms with van der Waals surface area (Å²) in [6.45, 7) is 0. The summed E-state index contributed by atoms with van der Waals surface area (Å²) in [6, 6.07) is 51.2. The molecule has 0 spiro atoms. The molecule has 0 saturated heterocycles. The minimum atomic E-state index is 0.147. The second-order valence-electron chi connectivity index (χ2n) is 14.0. The van der Waals surface area contributed by atoms with Crippen molar-refractivity contribution in [3.05, 3.63) is 173 Å². The minimum Gasteiger partial charge on any atom is -0.243 e. The predicted octanol–water partition coefficient (Wildman–Crippen LogP) is 13.2. The van der Waals surface area contributed by atoms with Gasteiger partial charge in [0.1, 0.15) is 10.3 Å². The lowest BCUT2D eigenvalue weighted by Crippen LogP contribution is -2.12. The molecule has 0 amide bonds. The molecule has 2 atom stereocenters.